The predicted octanol–water partition coefficient (Wildman–Crippen LogP) is 2.17. The number of anilines is 5. The Labute approximate surface area is 163 Å². The van der Waals surface area contributed by atoms with Crippen molar-refractivity contribution in [2.45, 2.75) is 25.3 Å². The van der Waals surface area contributed by atoms with Crippen LogP contribution in [0, 0.1) is 13.8 Å². The summed E-state index contributed by atoms with van der Waals surface area (Å²) in [6.45, 7) is 5.46. The maximum Gasteiger partial charge on any atom is 0.222 e. The Morgan fingerprint density at radius 3 is 2.75 bits per heavy atom. The highest BCUT2D eigenvalue weighted by Crippen LogP contribution is 2.37. The van der Waals surface area contributed by atoms with E-state index in [-0.39, 0.29) is 10.8 Å². The molecule has 28 heavy (non-hydrogen) atoms. The molecule has 2 aromatic heterocycles. The van der Waals surface area contributed by atoms with E-state index in [9.17, 15) is 8.42 Å². The van der Waals surface area contributed by atoms with Crippen molar-refractivity contribution in [2.75, 3.05) is 28.8 Å². The molecule has 0 aliphatic carbocycles. The highest BCUT2D eigenvalue weighted by molar-refractivity contribution is 7.90. The molecule has 0 fully saturated rings. The minimum Gasteiger partial charge on any atom is -0.368 e. The summed E-state index contributed by atoms with van der Waals surface area (Å²) in [7, 11) is -3.31. The Hall–Kier alpha value is -3.14. The van der Waals surface area contributed by atoms with Gasteiger partial charge in [0.15, 0.2) is 15.7 Å². The van der Waals surface area contributed by atoms with Crippen molar-refractivity contribution in [3.8, 4) is 0 Å². The molecule has 3 N–H and O–H groups in total. The Morgan fingerprint density at radius 1 is 1.21 bits per heavy atom. The van der Waals surface area contributed by atoms with Gasteiger partial charge >= 0.3 is 0 Å². The summed E-state index contributed by atoms with van der Waals surface area (Å²) in [5.74, 6) is 1.76. The Bertz CT molecular complexity index is 1170. The minimum atomic E-state index is -3.31. The molecule has 1 aromatic carbocycles. The first-order chi connectivity index (χ1) is 13.2. The largest absolute Gasteiger partial charge is 0.368 e. The van der Waals surface area contributed by atoms with Crippen molar-refractivity contribution in [3.05, 3.63) is 41.7 Å². The van der Waals surface area contributed by atoms with Crippen LogP contribution < -0.4 is 16.0 Å². The van der Waals surface area contributed by atoms with Crippen molar-refractivity contribution >= 4 is 38.8 Å². The summed E-state index contributed by atoms with van der Waals surface area (Å²) in [6, 6.07) is 6.62. The number of benzene rings is 1. The van der Waals surface area contributed by atoms with Crippen LogP contribution in [-0.4, -0.2) is 41.0 Å². The maximum atomic E-state index is 11.8. The van der Waals surface area contributed by atoms with E-state index in [2.05, 4.69) is 25.3 Å². The molecule has 9 nitrogen and oxygen atoms in total. The van der Waals surface area contributed by atoms with E-state index in [4.69, 9.17) is 5.73 Å². The van der Waals surface area contributed by atoms with Gasteiger partial charge in [-0.25, -0.2) is 18.1 Å². The molecule has 146 valence electrons. The number of sulfone groups is 1. The van der Waals surface area contributed by atoms with E-state index in [1.54, 1.807) is 30.5 Å². The Morgan fingerprint density at radius 2 is 2.00 bits per heavy atom. The van der Waals surface area contributed by atoms with Gasteiger partial charge in [0.05, 0.1) is 23.3 Å². The summed E-state index contributed by atoms with van der Waals surface area (Å²) >= 11 is 0. The molecular formula is C18H21N7O2S. The lowest BCUT2D eigenvalue weighted by Gasteiger charge is -2.21. The second-order valence-electron chi connectivity index (χ2n) is 6.80. The molecule has 0 saturated heterocycles. The molecule has 0 amide bonds. The van der Waals surface area contributed by atoms with Crippen LogP contribution in [0.1, 0.15) is 11.3 Å². The van der Waals surface area contributed by atoms with E-state index in [1.807, 2.05) is 18.5 Å². The van der Waals surface area contributed by atoms with Crippen molar-refractivity contribution in [1.29, 1.82) is 0 Å². The molecule has 0 spiro atoms. The second kappa shape index (κ2) is 6.48. The van der Waals surface area contributed by atoms with E-state index in [0.29, 0.717) is 23.7 Å². The zero-order chi connectivity index (χ0) is 20.1. The van der Waals surface area contributed by atoms with Crippen LogP contribution in [0.2, 0.25) is 0 Å². The first kappa shape index (κ1) is 18.2. The van der Waals surface area contributed by atoms with Crippen molar-refractivity contribution in [2.24, 2.45) is 0 Å². The lowest BCUT2D eigenvalue weighted by atomic mass is 10.2. The standard InChI is InChI=1S/C18H21N7O2S/c1-11-12(2)23-25-8-7-24(17(11)25)16-15(10-20-18(19)22-16)21-13-5-4-6-14(9-13)28(3,26)27/h4-6,9-10,21H,7-8H2,1-3H3,(H2,19,20,22). The average Bonchev–Trinajstić information content (AvgIpc) is 3.16. The molecule has 3 aromatic rings. The number of nitrogens with two attached hydrogens (primary N) is 1. The molecule has 4 rings (SSSR count). The summed E-state index contributed by atoms with van der Waals surface area (Å²) < 4.78 is 25.7. The molecule has 0 saturated carbocycles. The number of aryl methyl sites for hydroxylation is 1. The highest BCUT2D eigenvalue weighted by Gasteiger charge is 2.28. The van der Waals surface area contributed by atoms with Gasteiger partial charge in [-0.3, -0.25) is 0 Å². The lowest BCUT2D eigenvalue weighted by Crippen LogP contribution is -2.18. The van der Waals surface area contributed by atoms with E-state index in [1.165, 1.54) is 6.26 Å². The van der Waals surface area contributed by atoms with Crippen LogP contribution in [-0.2, 0) is 16.4 Å². The number of rotatable bonds is 4. The van der Waals surface area contributed by atoms with E-state index in [0.717, 1.165) is 23.6 Å². The normalized spacial score (nSPS) is 13.6. The molecule has 0 bridgehead atoms. The first-order valence-electron chi connectivity index (χ1n) is 8.75. The van der Waals surface area contributed by atoms with Gasteiger partial charge in [-0.15, -0.1) is 0 Å². The minimum absolute atomic E-state index is 0.165. The van der Waals surface area contributed by atoms with Crippen LogP contribution >= 0.6 is 0 Å². The number of fused-ring (bicyclic) bond motifs is 1. The highest BCUT2D eigenvalue weighted by atomic mass is 32.2. The molecular weight excluding hydrogens is 378 g/mol. The number of hydrogen-bond donors (Lipinski definition) is 2. The number of nitrogen functional groups attached to an aromatic ring is 1. The first-order valence-corrected chi connectivity index (χ1v) is 10.6. The van der Waals surface area contributed by atoms with Crippen LogP contribution in [0.25, 0.3) is 0 Å². The summed E-state index contributed by atoms with van der Waals surface area (Å²) in [5, 5.41) is 7.78. The van der Waals surface area contributed by atoms with Gasteiger partial charge in [-0.1, -0.05) is 6.07 Å². The van der Waals surface area contributed by atoms with Gasteiger partial charge < -0.3 is 16.0 Å². The zero-order valence-corrected chi connectivity index (χ0v) is 16.7. The van der Waals surface area contributed by atoms with Crippen LogP contribution in [0.5, 0.6) is 0 Å². The smallest absolute Gasteiger partial charge is 0.222 e. The third-order valence-corrected chi connectivity index (χ3v) is 5.88. The van der Waals surface area contributed by atoms with Crippen LogP contribution in [0.15, 0.2) is 35.4 Å². The molecule has 0 unspecified atom stereocenters. The molecule has 1 aliphatic rings. The Kier molecular flexibility index (Phi) is 4.22. The number of nitrogens with one attached hydrogen (secondary N) is 1. The van der Waals surface area contributed by atoms with Gasteiger partial charge in [-0.2, -0.15) is 10.1 Å². The molecule has 1 aliphatic heterocycles. The van der Waals surface area contributed by atoms with Gasteiger partial charge in [0, 0.05) is 24.1 Å². The van der Waals surface area contributed by atoms with Gasteiger partial charge in [0.25, 0.3) is 0 Å². The van der Waals surface area contributed by atoms with Gasteiger partial charge in [0.1, 0.15) is 11.5 Å². The predicted molar refractivity (Wildman–Crippen MR) is 108 cm³/mol. The third kappa shape index (κ3) is 3.15. The molecule has 0 radical (unpaired) electrons. The third-order valence-electron chi connectivity index (χ3n) is 4.77. The summed E-state index contributed by atoms with van der Waals surface area (Å²) in [4.78, 5) is 10.8. The lowest BCUT2D eigenvalue weighted by molar-refractivity contribution is 0.602. The number of hydrogen-bond acceptors (Lipinski definition) is 8. The summed E-state index contributed by atoms with van der Waals surface area (Å²) in [6.07, 6.45) is 2.78. The fourth-order valence-electron chi connectivity index (χ4n) is 3.30. The fourth-order valence-corrected chi connectivity index (χ4v) is 3.97. The monoisotopic (exact) mass is 399 g/mol. The topological polar surface area (TPSA) is 119 Å². The SMILES string of the molecule is Cc1nn2c(c1C)N(c1nc(N)ncc1Nc1cccc(S(C)(=O)=O)c1)CC2. The zero-order valence-electron chi connectivity index (χ0n) is 15.8. The van der Waals surface area contributed by atoms with Crippen molar-refractivity contribution < 1.29 is 8.42 Å². The Balaban J connectivity index is 1.76. The number of nitrogens with zero attached hydrogens (tertiary/aromatic N) is 5. The molecule has 0 atom stereocenters. The van der Waals surface area contributed by atoms with E-state index >= 15 is 0 Å². The number of aromatic nitrogens is 4. The fraction of sp³-hybridized carbons (Fsp3) is 0.278. The van der Waals surface area contributed by atoms with Crippen molar-refractivity contribution in [3.63, 3.8) is 0 Å². The quantitative estimate of drug-likeness (QED) is 0.685. The molecule has 10 heteroatoms. The molecule has 3 heterocycles. The van der Waals surface area contributed by atoms with Crippen molar-refractivity contribution in [1.82, 2.24) is 19.7 Å². The second-order valence-corrected chi connectivity index (χ2v) is 8.82. The van der Waals surface area contributed by atoms with Gasteiger partial charge in [-0.05, 0) is 32.0 Å². The van der Waals surface area contributed by atoms with E-state index < -0.39 is 9.84 Å². The van der Waals surface area contributed by atoms with Gasteiger partial charge in [0.2, 0.25) is 5.95 Å². The maximum absolute atomic E-state index is 11.8. The summed E-state index contributed by atoms with van der Waals surface area (Å²) in [5.41, 5.74) is 9.16. The average molecular weight is 399 g/mol. The van der Waals surface area contributed by atoms with Crippen LogP contribution in [0.4, 0.5) is 29.0 Å². The van der Waals surface area contributed by atoms with Crippen LogP contribution in [0.3, 0.4) is 0 Å².